The predicted molar refractivity (Wildman–Crippen MR) is 77.2 cm³/mol. The van der Waals surface area contributed by atoms with Gasteiger partial charge in [0, 0.05) is 37.8 Å². The van der Waals surface area contributed by atoms with Crippen molar-refractivity contribution in [2.45, 2.75) is 56.7 Å². The molecule has 3 saturated heterocycles. The van der Waals surface area contributed by atoms with Gasteiger partial charge in [-0.05, 0) is 46.1 Å². The maximum absolute atomic E-state index is 6.24. The normalized spacial score (nSPS) is 40.3. The summed E-state index contributed by atoms with van der Waals surface area (Å²) in [5.41, 5.74) is 6.45. The molecule has 0 aromatic heterocycles. The average Bonchev–Trinajstić information content (AvgIpc) is 2.84. The molecule has 0 bridgehead atoms. The van der Waals surface area contributed by atoms with E-state index in [2.05, 4.69) is 23.6 Å². The fourth-order valence-corrected chi connectivity index (χ4v) is 4.34. The fraction of sp³-hybridized carbons (Fsp3) is 1.00. The molecule has 3 aliphatic heterocycles. The van der Waals surface area contributed by atoms with Gasteiger partial charge in [0.1, 0.15) is 0 Å². The summed E-state index contributed by atoms with van der Waals surface area (Å²) in [6, 6.07) is 0.781. The van der Waals surface area contributed by atoms with Gasteiger partial charge in [-0.2, -0.15) is 0 Å². The van der Waals surface area contributed by atoms with Gasteiger partial charge in [-0.3, -0.25) is 4.90 Å². The van der Waals surface area contributed by atoms with E-state index < -0.39 is 0 Å². The first kappa shape index (κ1) is 13.8. The van der Waals surface area contributed by atoms with Crippen LogP contribution in [0.2, 0.25) is 0 Å². The molecule has 0 aliphatic carbocycles. The van der Waals surface area contributed by atoms with Gasteiger partial charge in [-0.15, -0.1) is 0 Å². The standard InChI is InChI=1S/C15H29N3O/c1-14(2)12-18(8-9-19-14)15(11-16)5-7-17-6-3-4-13(17)10-15/h13H,3-12,16H2,1-2H3. The molecule has 2 atom stereocenters. The average molecular weight is 267 g/mol. The third-order valence-electron chi connectivity index (χ3n) is 5.46. The van der Waals surface area contributed by atoms with Gasteiger partial charge in [0.2, 0.25) is 0 Å². The lowest BCUT2D eigenvalue weighted by Crippen LogP contribution is -2.65. The molecule has 0 saturated carbocycles. The van der Waals surface area contributed by atoms with Crippen LogP contribution in [0.1, 0.15) is 39.5 Å². The molecular weight excluding hydrogens is 238 g/mol. The lowest BCUT2D eigenvalue weighted by molar-refractivity contribution is -0.127. The van der Waals surface area contributed by atoms with Crippen LogP contribution >= 0.6 is 0 Å². The number of morpholine rings is 1. The number of hydrogen-bond acceptors (Lipinski definition) is 4. The molecule has 0 amide bonds. The van der Waals surface area contributed by atoms with E-state index in [9.17, 15) is 0 Å². The van der Waals surface area contributed by atoms with Gasteiger partial charge in [-0.1, -0.05) is 0 Å². The van der Waals surface area contributed by atoms with Gasteiger partial charge in [0.25, 0.3) is 0 Å². The zero-order valence-electron chi connectivity index (χ0n) is 12.5. The van der Waals surface area contributed by atoms with Crippen molar-refractivity contribution in [3.8, 4) is 0 Å². The SMILES string of the molecule is CC1(C)CN(C2(CN)CCN3CCCC3C2)CCO1. The van der Waals surface area contributed by atoms with Crippen LogP contribution in [0.4, 0.5) is 0 Å². The summed E-state index contributed by atoms with van der Waals surface area (Å²) in [4.78, 5) is 5.33. The number of hydrogen-bond donors (Lipinski definition) is 1. The molecule has 2 unspecified atom stereocenters. The van der Waals surface area contributed by atoms with Gasteiger partial charge in [-0.25, -0.2) is 0 Å². The molecule has 110 valence electrons. The Labute approximate surface area is 117 Å². The minimum Gasteiger partial charge on any atom is -0.373 e. The van der Waals surface area contributed by atoms with Crippen LogP contribution in [0.5, 0.6) is 0 Å². The van der Waals surface area contributed by atoms with E-state index >= 15 is 0 Å². The van der Waals surface area contributed by atoms with Crippen LogP contribution < -0.4 is 5.73 Å². The van der Waals surface area contributed by atoms with E-state index in [0.717, 1.165) is 32.3 Å². The number of ether oxygens (including phenoxy) is 1. The Morgan fingerprint density at radius 3 is 2.84 bits per heavy atom. The molecule has 4 heteroatoms. The summed E-state index contributed by atoms with van der Waals surface area (Å²) < 4.78 is 5.87. The fourth-order valence-electron chi connectivity index (χ4n) is 4.34. The highest BCUT2D eigenvalue weighted by molar-refractivity contribution is 5.03. The molecule has 0 spiro atoms. The highest BCUT2D eigenvalue weighted by atomic mass is 16.5. The minimum atomic E-state index is -0.0206. The third kappa shape index (κ3) is 2.56. The van der Waals surface area contributed by atoms with Crippen molar-refractivity contribution in [3.63, 3.8) is 0 Å². The second-order valence-electron chi connectivity index (χ2n) is 7.24. The number of fused-ring (bicyclic) bond motifs is 1. The molecular formula is C15H29N3O. The summed E-state index contributed by atoms with van der Waals surface area (Å²) in [6.45, 7) is 10.7. The van der Waals surface area contributed by atoms with Crippen LogP contribution in [0.3, 0.4) is 0 Å². The van der Waals surface area contributed by atoms with Gasteiger partial charge in [0.15, 0.2) is 0 Å². The molecule has 3 fully saturated rings. The smallest absolute Gasteiger partial charge is 0.0753 e. The van der Waals surface area contributed by atoms with E-state index in [-0.39, 0.29) is 11.1 Å². The molecule has 3 rings (SSSR count). The van der Waals surface area contributed by atoms with E-state index in [1.807, 2.05) is 0 Å². The van der Waals surface area contributed by atoms with Crippen LogP contribution in [-0.4, -0.2) is 66.3 Å². The van der Waals surface area contributed by atoms with E-state index in [1.165, 1.54) is 38.8 Å². The maximum atomic E-state index is 6.24. The van der Waals surface area contributed by atoms with Crippen molar-refractivity contribution in [3.05, 3.63) is 0 Å². The Hall–Kier alpha value is -0.160. The van der Waals surface area contributed by atoms with Crippen molar-refractivity contribution in [2.75, 3.05) is 39.3 Å². The zero-order chi connectivity index (χ0) is 13.5. The third-order valence-corrected chi connectivity index (χ3v) is 5.46. The largest absolute Gasteiger partial charge is 0.373 e. The molecule has 4 nitrogen and oxygen atoms in total. The second kappa shape index (κ2) is 4.99. The number of rotatable bonds is 2. The number of piperidine rings is 1. The highest BCUT2D eigenvalue weighted by Crippen LogP contribution is 2.38. The number of nitrogens with zero attached hydrogens (tertiary/aromatic N) is 2. The maximum Gasteiger partial charge on any atom is 0.0753 e. The van der Waals surface area contributed by atoms with Crippen LogP contribution in [0, 0.1) is 0 Å². The minimum absolute atomic E-state index is 0.0206. The number of nitrogens with two attached hydrogens (primary N) is 1. The van der Waals surface area contributed by atoms with Crippen molar-refractivity contribution in [1.29, 1.82) is 0 Å². The van der Waals surface area contributed by atoms with Crippen LogP contribution in [-0.2, 0) is 4.74 Å². The Bertz CT molecular complexity index is 333. The first-order valence-electron chi connectivity index (χ1n) is 7.88. The first-order chi connectivity index (χ1) is 9.05. The topological polar surface area (TPSA) is 41.7 Å². The van der Waals surface area contributed by atoms with Gasteiger partial charge < -0.3 is 15.4 Å². The predicted octanol–water partition coefficient (Wildman–Crippen LogP) is 1.05. The van der Waals surface area contributed by atoms with Crippen LogP contribution in [0.15, 0.2) is 0 Å². The molecule has 3 aliphatic rings. The van der Waals surface area contributed by atoms with E-state index in [0.29, 0.717) is 0 Å². The second-order valence-corrected chi connectivity index (χ2v) is 7.24. The molecule has 0 radical (unpaired) electrons. The molecule has 0 aromatic rings. The Morgan fingerprint density at radius 2 is 2.11 bits per heavy atom. The lowest BCUT2D eigenvalue weighted by atomic mass is 9.80. The summed E-state index contributed by atoms with van der Waals surface area (Å²) in [7, 11) is 0. The van der Waals surface area contributed by atoms with Crippen molar-refractivity contribution in [1.82, 2.24) is 9.80 Å². The van der Waals surface area contributed by atoms with Crippen molar-refractivity contribution >= 4 is 0 Å². The molecule has 3 heterocycles. The summed E-state index contributed by atoms with van der Waals surface area (Å²) in [5.74, 6) is 0. The monoisotopic (exact) mass is 267 g/mol. The Kier molecular flexibility index (Phi) is 3.63. The molecule has 2 N–H and O–H groups in total. The summed E-state index contributed by atoms with van der Waals surface area (Å²) >= 11 is 0. The Morgan fingerprint density at radius 1 is 1.26 bits per heavy atom. The van der Waals surface area contributed by atoms with E-state index in [4.69, 9.17) is 10.5 Å². The lowest BCUT2D eigenvalue weighted by Gasteiger charge is -2.53. The Balaban J connectivity index is 1.75. The zero-order valence-corrected chi connectivity index (χ0v) is 12.5. The highest BCUT2D eigenvalue weighted by Gasteiger charge is 2.46. The molecule has 0 aromatic carbocycles. The first-order valence-corrected chi connectivity index (χ1v) is 7.88. The van der Waals surface area contributed by atoms with E-state index in [1.54, 1.807) is 0 Å². The van der Waals surface area contributed by atoms with Gasteiger partial charge in [0.05, 0.1) is 12.2 Å². The quantitative estimate of drug-likeness (QED) is 0.812. The summed E-state index contributed by atoms with van der Waals surface area (Å²) in [6.07, 6.45) is 5.24. The molecule has 19 heavy (non-hydrogen) atoms. The summed E-state index contributed by atoms with van der Waals surface area (Å²) in [5, 5.41) is 0. The van der Waals surface area contributed by atoms with Crippen molar-refractivity contribution in [2.24, 2.45) is 5.73 Å². The van der Waals surface area contributed by atoms with Gasteiger partial charge >= 0.3 is 0 Å². The van der Waals surface area contributed by atoms with Crippen LogP contribution in [0.25, 0.3) is 0 Å². The van der Waals surface area contributed by atoms with Crippen molar-refractivity contribution < 1.29 is 4.74 Å².